The van der Waals surface area contributed by atoms with Crippen LogP contribution < -0.4 is 9.84 Å². The lowest BCUT2D eigenvalue weighted by atomic mass is 10.1. The summed E-state index contributed by atoms with van der Waals surface area (Å²) in [7, 11) is -4.81. The topological polar surface area (TPSA) is 95.9 Å². The third-order valence-corrected chi connectivity index (χ3v) is 3.74. The quantitative estimate of drug-likeness (QED) is 0.535. The van der Waals surface area contributed by atoms with Gasteiger partial charge in [0.2, 0.25) is 0 Å². The summed E-state index contributed by atoms with van der Waals surface area (Å²) in [5, 5.41) is 4.60. The second kappa shape index (κ2) is 7.85. The molecule has 132 valence electrons. The summed E-state index contributed by atoms with van der Waals surface area (Å²) in [6, 6.07) is 10.1. The Morgan fingerprint density at radius 2 is 1.76 bits per heavy atom. The van der Waals surface area contributed by atoms with Gasteiger partial charge in [0, 0.05) is 10.7 Å². The molecule has 0 saturated heterocycles. The highest BCUT2D eigenvalue weighted by molar-refractivity contribution is 7.46. The maximum atomic E-state index is 12.5. The molecule has 2 aromatic carbocycles. The van der Waals surface area contributed by atoms with E-state index in [-0.39, 0.29) is 11.3 Å². The summed E-state index contributed by atoms with van der Waals surface area (Å²) < 4.78 is 15.9. The van der Waals surface area contributed by atoms with Crippen LogP contribution >= 0.6 is 19.4 Å². The zero-order chi connectivity index (χ0) is 18.6. The lowest BCUT2D eigenvalue weighted by Crippen LogP contribution is -2.22. The molecule has 0 saturated carbocycles. The molecule has 0 fully saturated rings. The number of phosphoric acid groups is 1. The molecule has 8 heteroatoms. The summed E-state index contributed by atoms with van der Waals surface area (Å²) in [5.41, 5.74) is 0.529. The molecule has 2 aromatic rings. The number of nitrogens with one attached hydrogen (secondary N) is 1. The summed E-state index contributed by atoms with van der Waals surface area (Å²) in [5.74, 6) is -0.745. The molecule has 0 spiro atoms. The van der Waals surface area contributed by atoms with Crippen LogP contribution in [-0.2, 0) is 4.57 Å². The molecule has 0 aromatic heterocycles. The van der Waals surface area contributed by atoms with Crippen molar-refractivity contribution in [2.24, 2.45) is 0 Å². The van der Waals surface area contributed by atoms with Gasteiger partial charge in [-0.25, -0.2) is 4.57 Å². The zero-order valence-electron chi connectivity index (χ0n) is 13.6. The van der Waals surface area contributed by atoms with E-state index in [1.54, 1.807) is 50.3 Å². The van der Waals surface area contributed by atoms with Crippen LogP contribution in [0.3, 0.4) is 0 Å². The molecule has 0 unspecified atom stereocenters. The van der Waals surface area contributed by atoms with Crippen LogP contribution in [0.15, 0.2) is 59.3 Å². The maximum Gasteiger partial charge on any atom is 0.524 e. The van der Waals surface area contributed by atoms with Gasteiger partial charge in [-0.1, -0.05) is 35.9 Å². The van der Waals surface area contributed by atoms with E-state index in [0.717, 1.165) is 5.39 Å². The third kappa shape index (κ3) is 5.73. The van der Waals surface area contributed by atoms with Crippen LogP contribution in [0.5, 0.6) is 5.75 Å². The fourth-order valence-electron chi connectivity index (χ4n) is 2.13. The van der Waals surface area contributed by atoms with Crippen LogP contribution in [0.25, 0.3) is 10.8 Å². The number of amides is 1. The Kier molecular flexibility index (Phi) is 6.03. The number of halogens is 1. The monoisotopic (exact) mass is 381 g/mol. The molecule has 0 aliphatic rings. The summed E-state index contributed by atoms with van der Waals surface area (Å²) in [6.45, 7) is 3.36. The Labute approximate surface area is 150 Å². The Bertz CT molecular complexity index is 912. The van der Waals surface area contributed by atoms with E-state index in [0.29, 0.717) is 16.1 Å². The molecule has 3 N–H and O–H groups in total. The molecule has 0 heterocycles. The molecule has 0 aliphatic heterocycles. The number of phosphoric ester groups is 1. The predicted molar refractivity (Wildman–Crippen MR) is 97.5 cm³/mol. The van der Waals surface area contributed by atoms with E-state index < -0.39 is 13.7 Å². The lowest BCUT2D eigenvalue weighted by molar-refractivity contribution is 0.0964. The van der Waals surface area contributed by atoms with Crippen LogP contribution in [0.2, 0.25) is 0 Å². The van der Waals surface area contributed by atoms with E-state index in [1.807, 2.05) is 0 Å². The zero-order valence-corrected chi connectivity index (χ0v) is 15.2. The van der Waals surface area contributed by atoms with Gasteiger partial charge in [0.1, 0.15) is 5.75 Å². The second-order valence-corrected chi connectivity index (χ2v) is 7.09. The van der Waals surface area contributed by atoms with E-state index in [4.69, 9.17) is 25.9 Å². The van der Waals surface area contributed by atoms with Crippen molar-refractivity contribution < 1.29 is 23.7 Å². The van der Waals surface area contributed by atoms with Gasteiger partial charge in [-0.05, 0) is 48.9 Å². The van der Waals surface area contributed by atoms with Crippen LogP contribution in [0.1, 0.15) is 24.2 Å². The normalized spacial score (nSPS) is 13.0. The average Bonchev–Trinajstić information content (AvgIpc) is 2.50. The first kappa shape index (κ1) is 19.2. The number of benzene rings is 2. The van der Waals surface area contributed by atoms with Crippen LogP contribution in [0.4, 0.5) is 0 Å². The molecule has 0 radical (unpaired) electrons. The van der Waals surface area contributed by atoms with Crippen molar-refractivity contribution in [3.8, 4) is 5.75 Å². The number of allylic oxidation sites excluding steroid dienone is 4. The van der Waals surface area contributed by atoms with Gasteiger partial charge in [-0.3, -0.25) is 14.6 Å². The smallest absolute Gasteiger partial charge is 0.403 e. The molecule has 0 aliphatic carbocycles. The fraction of sp³-hybridized carbons (Fsp3) is 0.118. The molecule has 6 nitrogen and oxygen atoms in total. The number of rotatable bonds is 5. The van der Waals surface area contributed by atoms with Gasteiger partial charge in [-0.15, -0.1) is 0 Å². The van der Waals surface area contributed by atoms with E-state index in [9.17, 15) is 9.36 Å². The third-order valence-electron chi connectivity index (χ3n) is 3.18. The summed E-state index contributed by atoms with van der Waals surface area (Å²) >= 11 is 5.74. The van der Waals surface area contributed by atoms with Gasteiger partial charge < -0.3 is 9.84 Å². The number of carbonyl (C=O) groups excluding carboxylic acids is 1. The van der Waals surface area contributed by atoms with Crippen LogP contribution in [0, 0.1) is 0 Å². The largest absolute Gasteiger partial charge is 0.524 e. The molecule has 2 rings (SSSR count). The van der Waals surface area contributed by atoms with Crippen molar-refractivity contribution in [3.05, 3.63) is 64.8 Å². The molecular weight excluding hydrogens is 365 g/mol. The Balaban J connectivity index is 2.45. The van der Waals surface area contributed by atoms with Gasteiger partial charge in [0.25, 0.3) is 5.91 Å². The summed E-state index contributed by atoms with van der Waals surface area (Å²) in [6.07, 6.45) is 3.23. The molecule has 0 bridgehead atoms. The van der Waals surface area contributed by atoms with E-state index in [2.05, 4.69) is 5.32 Å². The van der Waals surface area contributed by atoms with Crippen LogP contribution in [-0.4, -0.2) is 15.7 Å². The molecule has 25 heavy (non-hydrogen) atoms. The highest BCUT2D eigenvalue weighted by Crippen LogP contribution is 2.40. The Morgan fingerprint density at radius 3 is 2.32 bits per heavy atom. The SMILES string of the molecule is CC(Cl)=CC=C(C)NC(=O)c1cc2ccccc2cc1OP(=O)(O)O. The Hall–Kier alpha value is -2.11. The number of fused-ring (bicyclic) bond motifs is 1. The fourth-order valence-corrected chi connectivity index (χ4v) is 2.60. The van der Waals surface area contributed by atoms with Crippen molar-refractivity contribution in [2.75, 3.05) is 0 Å². The minimum atomic E-state index is -4.81. The highest BCUT2D eigenvalue weighted by atomic mass is 35.5. The first-order chi connectivity index (χ1) is 11.7. The number of carbonyl (C=O) groups is 1. The lowest BCUT2D eigenvalue weighted by Gasteiger charge is -2.13. The van der Waals surface area contributed by atoms with Crippen molar-refractivity contribution in [1.29, 1.82) is 0 Å². The van der Waals surface area contributed by atoms with E-state index >= 15 is 0 Å². The van der Waals surface area contributed by atoms with Crippen molar-refractivity contribution in [3.63, 3.8) is 0 Å². The maximum absolute atomic E-state index is 12.5. The minimum Gasteiger partial charge on any atom is -0.403 e. The van der Waals surface area contributed by atoms with Gasteiger partial charge >= 0.3 is 7.82 Å². The first-order valence-electron chi connectivity index (χ1n) is 7.26. The van der Waals surface area contributed by atoms with Crippen molar-refractivity contribution in [2.45, 2.75) is 13.8 Å². The average molecular weight is 382 g/mol. The number of hydrogen-bond acceptors (Lipinski definition) is 3. The molecule has 1 amide bonds. The highest BCUT2D eigenvalue weighted by Gasteiger charge is 2.22. The number of hydrogen-bond donors (Lipinski definition) is 3. The predicted octanol–water partition coefficient (Wildman–Crippen LogP) is 4.09. The minimum absolute atomic E-state index is 0.0151. The molecule has 0 atom stereocenters. The standard InChI is InChI=1S/C17H17ClNO5P/c1-11(18)7-8-12(2)19-17(20)15-9-13-5-3-4-6-14(13)10-16(15)24-25(21,22)23/h3-10H,1-2H3,(H,19,20)(H2,21,22,23). The first-order valence-corrected chi connectivity index (χ1v) is 9.16. The van der Waals surface area contributed by atoms with Gasteiger partial charge in [0.05, 0.1) is 5.56 Å². The summed E-state index contributed by atoms with van der Waals surface area (Å²) in [4.78, 5) is 30.7. The second-order valence-electron chi connectivity index (χ2n) is 5.33. The van der Waals surface area contributed by atoms with Crippen molar-refractivity contribution >= 4 is 36.1 Å². The van der Waals surface area contributed by atoms with Gasteiger partial charge in [-0.2, -0.15) is 0 Å². The molecular formula is C17H17ClNO5P. The van der Waals surface area contributed by atoms with Gasteiger partial charge in [0.15, 0.2) is 0 Å². The van der Waals surface area contributed by atoms with E-state index in [1.165, 1.54) is 12.1 Å². The Morgan fingerprint density at radius 1 is 1.16 bits per heavy atom. The van der Waals surface area contributed by atoms with Crippen molar-refractivity contribution in [1.82, 2.24) is 5.32 Å².